The van der Waals surface area contributed by atoms with E-state index < -0.39 is 0 Å². The van der Waals surface area contributed by atoms with Crippen molar-refractivity contribution in [3.63, 3.8) is 0 Å². The largest absolute Gasteiger partial charge is 0.497 e. The second kappa shape index (κ2) is 6.02. The van der Waals surface area contributed by atoms with Crippen LogP contribution in [-0.2, 0) is 6.42 Å². The van der Waals surface area contributed by atoms with Crippen LogP contribution >= 0.6 is 0 Å². The molecule has 0 aliphatic heterocycles. The molecule has 2 rings (SSSR count). The highest BCUT2D eigenvalue weighted by Gasteiger charge is 2.02. The Morgan fingerprint density at radius 1 is 1.22 bits per heavy atom. The SMILES string of the molecule is COc1cccc(CCN(N)c2ccncc2)c1. The van der Waals surface area contributed by atoms with Gasteiger partial charge in [0, 0.05) is 18.9 Å². The van der Waals surface area contributed by atoms with E-state index in [1.54, 1.807) is 24.5 Å². The molecule has 0 fully saturated rings. The Morgan fingerprint density at radius 3 is 2.72 bits per heavy atom. The predicted molar refractivity (Wildman–Crippen MR) is 72.5 cm³/mol. The van der Waals surface area contributed by atoms with Crippen molar-refractivity contribution in [3.05, 3.63) is 54.4 Å². The monoisotopic (exact) mass is 243 g/mol. The maximum atomic E-state index is 5.99. The fourth-order valence-electron chi connectivity index (χ4n) is 1.74. The van der Waals surface area contributed by atoms with Crippen LogP contribution in [0.2, 0.25) is 0 Å². The van der Waals surface area contributed by atoms with Crippen molar-refractivity contribution in [2.45, 2.75) is 6.42 Å². The Morgan fingerprint density at radius 2 is 2.00 bits per heavy atom. The molecule has 94 valence electrons. The summed E-state index contributed by atoms with van der Waals surface area (Å²) in [6.45, 7) is 0.747. The van der Waals surface area contributed by atoms with E-state index in [1.807, 2.05) is 30.3 Å². The van der Waals surface area contributed by atoms with Gasteiger partial charge in [-0.05, 0) is 36.2 Å². The molecule has 1 heterocycles. The fourth-order valence-corrected chi connectivity index (χ4v) is 1.74. The highest BCUT2D eigenvalue weighted by atomic mass is 16.5. The zero-order valence-corrected chi connectivity index (χ0v) is 10.4. The van der Waals surface area contributed by atoms with Crippen molar-refractivity contribution in [1.29, 1.82) is 0 Å². The van der Waals surface area contributed by atoms with Gasteiger partial charge in [0.05, 0.1) is 12.8 Å². The number of pyridine rings is 1. The number of aromatic nitrogens is 1. The third-order valence-electron chi connectivity index (χ3n) is 2.77. The summed E-state index contributed by atoms with van der Waals surface area (Å²) in [6, 6.07) is 11.8. The number of ether oxygens (including phenoxy) is 1. The molecule has 0 saturated carbocycles. The van der Waals surface area contributed by atoms with Gasteiger partial charge < -0.3 is 9.75 Å². The average Bonchev–Trinajstić information content (AvgIpc) is 2.46. The third kappa shape index (κ3) is 3.21. The van der Waals surface area contributed by atoms with E-state index in [0.29, 0.717) is 0 Å². The number of methoxy groups -OCH3 is 1. The van der Waals surface area contributed by atoms with Gasteiger partial charge in [-0.1, -0.05) is 12.1 Å². The molecule has 1 aromatic heterocycles. The lowest BCUT2D eigenvalue weighted by molar-refractivity contribution is 0.414. The standard InChI is InChI=1S/C14H17N3O/c1-18-14-4-2-3-12(11-14)7-10-17(15)13-5-8-16-9-6-13/h2-6,8-9,11H,7,10,15H2,1H3. The number of nitrogens with two attached hydrogens (primary N) is 1. The Balaban J connectivity index is 1.95. The molecular weight excluding hydrogens is 226 g/mol. The van der Waals surface area contributed by atoms with Crippen LogP contribution in [0.4, 0.5) is 5.69 Å². The highest BCUT2D eigenvalue weighted by molar-refractivity contribution is 5.43. The number of hydrogen-bond acceptors (Lipinski definition) is 4. The second-order valence-corrected chi connectivity index (χ2v) is 4.00. The van der Waals surface area contributed by atoms with Crippen LogP contribution in [0.1, 0.15) is 5.56 Å². The van der Waals surface area contributed by atoms with Crippen molar-refractivity contribution in [1.82, 2.24) is 4.98 Å². The quantitative estimate of drug-likeness (QED) is 0.644. The Bertz CT molecular complexity index is 487. The zero-order valence-electron chi connectivity index (χ0n) is 10.4. The van der Waals surface area contributed by atoms with Crippen molar-refractivity contribution in [2.75, 3.05) is 18.7 Å². The minimum Gasteiger partial charge on any atom is -0.497 e. The van der Waals surface area contributed by atoms with Crippen LogP contribution in [0.15, 0.2) is 48.8 Å². The van der Waals surface area contributed by atoms with E-state index in [9.17, 15) is 0 Å². The van der Waals surface area contributed by atoms with Crippen LogP contribution in [0.5, 0.6) is 5.75 Å². The summed E-state index contributed by atoms with van der Waals surface area (Å²) in [6.07, 6.45) is 4.34. The van der Waals surface area contributed by atoms with E-state index in [0.717, 1.165) is 24.4 Å². The van der Waals surface area contributed by atoms with Gasteiger partial charge in [0.1, 0.15) is 5.75 Å². The Kier molecular flexibility index (Phi) is 4.15. The highest BCUT2D eigenvalue weighted by Crippen LogP contribution is 2.14. The molecule has 4 nitrogen and oxygen atoms in total. The number of rotatable bonds is 5. The van der Waals surface area contributed by atoms with Gasteiger partial charge in [0.2, 0.25) is 0 Å². The predicted octanol–water partition coefficient (Wildman–Crippen LogP) is 2.01. The van der Waals surface area contributed by atoms with Crippen LogP contribution in [0, 0.1) is 0 Å². The molecule has 0 amide bonds. The van der Waals surface area contributed by atoms with Crippen molar-refractivity contribution in [3.8, 4) is 5.75 Å². The maximum absolute atomic E-state index is 5.99. The van der Waals surface area contributed by atoms with Gasteiger partial charge in [0.25, 0.3) is 0 Å². The lowest BCUT2D eigenvalue weighted by Gasteiger charge is -2.18. The summed E-state index contributed by atoms with van der Waals surface area (Å²) in [7, 11) is 1.67. The molecule has 0 aliphatic rings. The molecule has 1 aromatic carbocycles. The van der Waals surface area contributed by atoms with E-state index in [1.165, 1.54) is 5.56 Å². The number of hydrazine groups is 1. The smallest absolute Gasteiger partial charge is 0.119 e. The van der Waals surface area contributed by atoms with E-state index in [4.69, 9.17) is 10.6 Å². The van der Waals surface area contributed by atoms with E-state index in [-0.39, 0.29) is 0 Å². The van der Waals surface area contributed by atoms with Crippen LogP contribution in [0.25, 0.3) is 0 Å². The van der Waals surface area contributed by atoms with Gasteiger partial charge in [-0.25, -0.2) is 5.84 Å². The number of hydrogen-bond donors (Lipinski definition) is 1. The zero-order chi connectivity index (χ0) is 12.8. The van der Waals surface area contributed by atoms with Crippen LogP contribution in [0.3, 0.4) is 0 Å². The minimum absolute atomic E-state index is 0.747. The topological polar surface area (TPSA) is 51.4 Å². The summed E-state index contributed by atoms with van der Waals surface area (Å²) in [5.41, 5.74) is 2.17. The molecule has 0 aliphatic carbocycles. The molecular formula is C14H17N3O. The normalized spacial score (nSPS) is 10.1. The summed E-state index contributed by atoms with van der Waals surface area (Å²) in [5, 5.41) is 1.72. The molecule has 0 atom stereocenters. The van der Waals surface area contributed by atoms with Gasteiger partial charge in [-0.2, -0.15) is 0 Å². The second-order valence-electron chi connectivity index (χ2n) is 4.00. The lowest BCUT2D eigenvalue weighted by Crippen LogP contribution is -2.32. The summed E-state index contributed by atoms with van der Waals surface area (Å²) < 4.78 is 5.19. The molecule has 18 heavy (non-hydrogen) atoms. The maximum Gasteiger partial charge on any atom is 0.119 e. The van der Waals surface area contributed by atoms with E-state index >= 15 is 0 Å². The molecule has 0 radical (unpaired) electrons. The Labute approximate surface area is 107 Å². The van der Waals surface area contributed by atoms with Crippen LogP contribution < -0.4 is 15.6 Å². The number of benzene rings is 1. The molecule has 0 saturated heterocycles. The van der Waals surface area contributed by atoms with Gasteiger partial charge >= 0.3 is 0 Å². The lowest BCUT2D eigenvalue weighted by atomic mass is 10.1. The fraction of sp³-hybridized carbons (Fsp3) is 0.214. The summed E-state index contributed by atoms with van der Waals surface area (Å²) in [4.78, 5) is 3.97. The molecule has 0 bridgehead atoms. The molecule has 2 N–H and O–H groups in total. The van der Waals surface area contributed by atoms with Crippen molar-refractivity contribution < 1.29 is 4.74 Å². The average molecular weight is 243 g/mol. The first-order chi connectivity index (χ1) is 8.79. The van der Waals surface area contributed by atoms with Gasteiger partial charge in [-0.15, -0.1) is 0 Å². The van der Waals surface area contributed by atoms with Crippen molar-refractivity contribution >= 4 is 5.69 Å². The van der Waals surface area contributed by atoms with Gasteiger partial charge in [0.15, 0.2) is 0 Å². The van der Waals surface area contributed by atoms with E-state index in [2.05, 4.69) is 11.1 Å². The van der Waals surface area contributed by atoms with Crippen molar-refractivity contribution in [2.24, 2.45) is 5.84 Å². The first-order valence-corrected chi connectivity index (χ1v) is 5.85. The minimum atomic E-state index is 0.747. The molecule has 2 aromatic rings. The molecule has 0 spiro atoms. The first-order valence-electron chi connectivity index (χ1n) is 5.85. The first kappa shape index (κ1) is 12.4. The third-order valence-corrected chi connectivity index (χ3v) is 2.77. The summed E-state index contributed by atoms with van der Waals surface area (Å²) in [5.74, 6) is 6.86. The number of nitrogens with zero attached hydrogens (tertiary/aromatic N) is 2. The summed E-state index contributed by atoms with van der Waals surface area (Å²) >= 11 is 0. The van der Waals surface area contributed by atoms with Crippen LogP contribution in [-0.4, -0.2) is 18.6 Å². The molecule has 4 heteroatoms. The van der Waals surface area contributed by atoms with Gasteiger partial charge in [-0.3, -0.25) is 4.98 Å². The number of anilines is 1. The Hall–Kier alpha value is -2.07. The molecule has 0 unspecified atom stereocenters.